The first kappa shape index (κ1) is 10.7. The molecule has 0 aliphatic carbocycles. The van der Waals surface area contributed by atoms with Crippen molar-refractivity contribution >= 4 is 28.6 Å². The Morgan fingerprint density at radius 2 is 1.67 bits per heavy atom. The highest BCUT2D eigenvalue weighted by molar-refractivity contribution is 9.10. The van der Waals surface area contributed by atoms with E-state index in [-0.39, 0.29) is 5.82 Å². The Kier molecular flexibility index (Phi) is 3.12. The lowest BCUT2D eigenvalue weighted by Gasteiger charge is -2.07. The zero-order chi connectivity index (χ0) is 10.8. The highest BCUT2D eigenvalue weighted by Gasteiger charge is 2.06. The molecular formula is C12H8BrFS. The standard InChI is InChI=1S/C12H8BrFS/c13-10-2-1-3-11(15)12(10)8-4-6-9(14)7-5-8/h1-7,15H. The van der Waals surface area contributed by atoms with Gasteiger partial charge in [-0.15, -0.1) is 12.6 Å². The Hall–Kier alpha value is -0.800. The molecule has 76 valence electrons. The summed E-state index contributed by atoms with van der Waals surface area (Å²) in [5, 5.41) is 0. The first-order valence-electron chi connectivity index (χ1n) is 4.42. The summed E-state index contributed by atoms with van der Waals surface area (Å²) in [7, 11) is 0. The minimum atomic E-state index is -0.230. The molecule has 2 aromatic carbocycles. The third-order valence-electron chi connectivity index (χ3n) is 2.12. The zero-order valence-corrected chi connectivity index (χ0v) is 10.2. The van der Waals surface area contributed by atoms with Crippen LogP contribution in [0.25, 0.3) is 11.1 Å². The van der Waals surface area contributed by atoms with Gasteiger partial charge >= 0.3 is 0 Å². The van der Waals surface area contributed by atoms with Crippen molar-refractivity contribution in [3.05, 3.63) is 52.8 Å². The van der Waals surface area contributed by atoms with E-state index < -0.39 is 0 Å². The summed E-state index contributed by atoms with van der Waals surface area (Å²) in [5.41, 5.74) is 1.94. The van der Waals surface area contributed by atoms with Crippen LogP contribution in [0.15, 0.2) is 51.8 Å². The lowest BCUT2D eigenvalue weighted by molar-refractivity contribution is 0.628. The van der Waals surface area contributed by atoms with E-state index >= 15 is 0 Å². The molecule has 0 bridgehead atoms. The molecule has 2 aromatic rings. The maximum atomic E-state index is 12.8. The molecule has 0 spiro atoms. The predicted octanol–water partition coefficient (Wildman–Crippen LogP) is 4.54. The molecule has 0 heterocycles. The maximum absolute atomic E-state index is 12.8. The van der Waals surface area contributed by atoms with Crippen molar-refractivity contribution in [3.63, 3.8) is 0 Å². The average molecular weight is 283 g/mol. The SMILES string of the molecule is Fc1ccc(-c2c(S)cccc2Br)cc1. The summed E-state index contributed by atoms with van der Waals surface area (Å²) in [6.45, 7) is 0. The number of halogens is 2. The van der Waals surface area contributed by atoms with E-state index in [1.807, 2.05) is 18.2 Å². The monoisotopic (exact) mass is 282 g/mol. The van der Waals surface area contributed by atoms with Crippen LogP contribution in [-0.2, 0) is 0 Å². The van der Waals surface area contributed by atoms with E-state index in [4.69, 9.17) is 0 Å². The molecule has 0 aliphatic rings. The van der Waals surface area contributed by atoms with Gasteiger partial charge in [-0.1, -0.05) is 34.1 Å². The van der Waals surface area contributed by atoms with Gasteiger partial charge < -0.3 is 0 Å². The quantitative estimate of drug-likeness (QED) is 0.730. The van der Waals surface area contributed by atoms with Gasteiger partial charge in [-0.2, -0.15) is 0 Å². The van der Waals surface area contributed by atoms with Crippen LogP contribution in [0.2, 0.25) is 0 Å². The fourth-order valence-electron chi connectivity index (χ4n) is 1.42. The molecule has 0 saturated heterocycles. The highest BCUT2D eigenvalue weighted by atomic mass is 79.9. The van der Waals surface area contributed by atoms with Crippen LogP contribution in [0.3, 0.4) is 0 Å². The Morgan fingerprint density at radius 3 is 2.27 bits per heavy atom. The van der Waals surface area contributed by atoms with Crippen molar-refractivity contribution in [1.82, 2.24) is 0 Å². The normalized spacial score (nSPS) is 10.3. The van der Waals surface area contributed by atoms with Gasteiger partial charge in [-0.3, -0.25) is 0 Å². The van der Waals surface area contributed by atoms with Gasteiger partial charge in [0.05, 0.1) is 0 Å². The molecule has 15 heavy (non-hydrogen) atoms. The lowest BCUT2D eigenvalue weighted by atomic mass is 10.1. The van der Waals surface area contributed by atoms with Crippen LogP contribution in [-0.4, -0.2) is 0 Å². The molecule has 0 radical (unpaired) electrons. The van der Waals surface area contributed by atoms with Crippen LogP contribution in [0.1, 0.15) is 0 Å². The summed E-state index contributed by atoms with van der Waals surface area (Å²) < 4.78 is 13.7. The van der Waals surface area contributed by atoms with Gasteiger partial charge in [0.15, 0.2) is 0 Å². The lowest BCUT2D eigenvalue weighted by Crippen LogP contribution is -1.83. The topological polar surface area (TPSA) is 0 Å². The molecule has 0 atom stereocenters. The summed E-state index contributed by atoms with van der Waals surface area (Å²) in [6, 6.07) is 12.2. The third kappa shape index (κ3) is 2.24. The van der Waals surface area contributed by atoms with Gasteiger partial charge in [-0.05, 0) is 29.8 Å². The first-order valence-corrected chi connectivity index (χ1v) is 5.66. The zero-order valence-electron chi connectivity index (χ0n) is 7.74. The molecule has 3 heteroatoms. The van der Waals surface area contributed by atoms with Crippen LogP contribution < -0.4 is 0 Å². The molecule has 0 aliphatic heterocycles. The Bertz CT molecular complexity index is 459. The minimum Gasteiger partial charge on any atom is -0.207 e. The average Bonchev–Trinajstić information content (AvgIpc) is 2.20. The number of rotatable bonds is 1. The Labute approximate surface area is 102 Å². The second kappa shape index (κ2) is 4.37. The summed E-state index contributed by atoms with van der Waals surface area (Å²) >= 11 is 7.84. The molecule has 0 aromatic heterocycles. The number of hydrogen-bond donors (Lipinski definition) is 1. The first-order chi connectivity index (χ1) is 7.18. The second-order valence-electron chi connectivity index (χ2n) is 3.14. The number of thiol groups is 1. The fourth-order valence-corrected chi connectivity index (χ4v) is 2.50. The van der Waals surface area contributed by atoms with E-state index in [0.717, 1.165) is 20.5 Å². The smallest absolute Gasteiger partial charge is 0.123 e. The number of benzene rings is 2. The number of hydrogen-bond acceptors (Lipinski definition) is 1. The molecule has 0 unspecified atom stereocenters. The van der Waals surface area contributed by atoms with Crippen molar-refractivity contribution in [1.29, 1.82) is 0 Å². The molecular weight excluding hydrogens is 275 g/mol. The van der Waals surface area contributed by atoms with Gasteiger partial charge in [0.1, 0.15) is 5.82 Å². The van der Waals surface area contributed by atoms with Gasteiger partial charge in [0.2, 0.25) is 0 Å². The predicted molar refractivity (Wildman–Crippen MR) is 66.8 cm³/mol. The van der Waals surface area contributed by atoms with E-state index in [1.54, 1.807) is 12.1 Å². The van der Waals surface area contributed by atoms with Gasteiger partial charge in [0.25, 0.3) is 0 Å². The Balaban J connectivity index is 2.58. The van der Waals surface area contributed by atoms with Crippen LogP contribution >= 0.6 is 28.6 Å². The molecule has 0 saturated carbocycles. The molecule has 2 rings (SSSR count). The summed E-state index contributed by atoms with van der Waals surface area (Å²) in [4.78, 5) is 0.871. The van der Waals surface area contributed by atoms with Crippen molar-refractivity contribution in [2.75, 3.05) is 0 Å². The van der Waals surface area contributed by atoms with Crippen LogP contribution in [0.4, 0.5) is 4.39 Å². The van der Waals surface area contributed by atoms with Gasteiger partial charge in [-0.25, -0.2) is 4.39 Å². The maximum Gasteiger partial charge on any atom is 0.123 e. The fraction of sp³-hybridized carbons (Fsp3) is 0. The summed E-state index contributed by atoms with van der Waals surface area (Å²) in [6.07, 6.45) is 0. The second-order valence-corrected chi connectivity index (χ2v) is 4.48. The highest BCUT2D eigenvalue weighted by Crippen LogP contribution is 2.33. The van der Waals surface area contributed by atoms with Crippen LogP contribution in [0.5, 0.6) is 0 Å². The Morgan fingerprint density at radius 1 is 1.00 bits per heavy atom. The molecule has 0 nitrogen and oxygen atoms in total. The largest absolute Gasteiger partial charge is 0.207 e. The van der Waals surface area contributed by atoms with Crippen molar-refractivity contribution in [2.45, 2.75) is 4.90 Å². The molecule has 0 fully saturated rings. The van der Waals surface area contributed by atoms with Crippen LogP contribution in [0, 0.1) is 5.82 Å². The third-order valence-corrected chi connectivity index (χ3v) is 3.16. The van der Waals surface area contributed by atoms with Crippen molar-refractivity contribution in [2.24, 2.45) is 0 Å². The van der Waals surface area contributed by atoms with E-state index in [2.05, 4.69) is 28.6 Å². The molecule has 0 amide bonds. The van der Waals surface area contributed by atoms with Gasteiger partial charge in [0, 0.05) is 14.9 Å². The van der Waals surface area contributed by atoms with Crippen molar-refractivity contribution in [3.8, 4) is 11.1 Å². The van der Waals surface area contributed by atoms with E-state index in [1.165, 1.54) is 12.1 Å². The van der Waals surface area contributed by atoms with E-state index in [9.17, 15) is 4.39 Å². The van der Waals surface area contributed by atoms with E-state index in [0.29, 0.717) is 0 Å². The molecule has 0 N–H and O–H groups in total. The van der Waals surface area contributed by atoms with Crippen molar-refractivity contribution < 1.29 is 4.39 Å². The summed E-state index contributed by atoms with van der Waals surface area (Å²) in [5.74, 6) is -0.230. The minimum absolute atomic E-state index is 0.230.